The Bertz CT molecular complexity index is 958. The molecule has 0 aliphatic rings. The normalized spacial score (nSPS) is 11.1. The van der Waals surface area contributed by atoms with Crippen LogP contribution in [0.2, 0.25) is 0 Å². The highest BCUT2D eigenvalue weighted by atomic mass is 32.2. The van der Waals surface area contributed by atoms with E-state index in [0.717, 1.165) is 12.1 Å². The van der Waals surface area contributed by atoms with Crippen LogP contribution in [-0.2, 0) is 26.2 Å². The first-order chi connectivity index (χ1) is 12.7. The number of carbonyl (C=O) groups is 2. The minimum absolute atomic E-state index is 0.159. The van der Waals surface area contributed by atoms with Crippen LogP contribution < -0.4 is 9.46 Å². The number of methoxy groups -OCH3 is 1. The molecule has 144 valence electrons. The third-order valence-corrected chi connectivity index (χ3v) is 4.99. The summed E-state index contributed by atoms with van der Waals surface area (Å²) < 4.78 is 49.4. The molecule has 0 fully saturated rings. The number of ketones is 1. The molecule has 0 atom stereocenters. The Morgan fingerprint density at radius 2 is 1.89 bits per heavy atom. The Kier molecular flexibility index (Phi) is 6.65. The van der Waals surface area contributed by atoms with Gasteiger partial charge in [-0.3, -0.25) is 9.59 Å². The fourth-order valence-corrected chi connectivity index (χ4v) is 3.19. The summed E-state index contributed by atoms with van der Waals surface area (Å²) in [5.41, 5.74) is 0.889. The van der Waals surface area contributed by atoms with Crippen LogP contribution in [0, 0.1) is 5.82 Å². The van der Waals surface area contributed by atoms with Crippen LogP contribution in [0.15, 0.2) is 47.4 Å². The average molecular weight is 395 g/mol. The summed E-state index contributed by atoms with van der Waals surface area (Å²) in [6.07, 6.45) is 0. The Morgan fingerprint density at radius 1 is 1.15 bits per heavy atom. The number of hydrogen-bond donors (Lipinski definition) is 1. The zero-order valence-electron chi connectivity index (χ0n) is 14.7. The maximum absolute atomic E-state index is 13.1. The van der Waals surface area contributed by atoms with Crippen LogP contribution in [0.4, 0.5) is 4.39 Å². The van der Waals surface area contributed by atoms with E-state index in [1.165, 1.54) is 32.2 Å². The molecule has 2 aromatic carbocycles. The van der Waals surface area contributed by atoms with Crippen molar-refractivity contribution >= 4 is 21.8 Å². The largest absolute Gasteiger partial charge is 0.496 e. The van der Waals surface area contributed by atoms with Gasteiger partial charge in [0.25, 0.3) is 0 Å². The van der Waals surface area contributed by atoms with Gasteiger partial charge in [0.15, 0.2) is 5.78 Å². The fraction of sp³-hybridized carbons (Fsp3) is 0.222. The minimum atomic E-state index is -4.05. The van der Waals surface area contributed by atoms with E-state index in [4.69, 9.17) is 9.47 Å². The molecule has 1 N–H and O–H groups in total. The highest BCUT2D eigenvalue weighted by Gasteiger charge is 2.17. The van der Waals surface area contributed by atoms with Gasteiger partial charge in [-0.2, -0.15) is 4.72 Å². The van der Waals surface area contributed by atoms with Crippen LogP contribution in [0.3, 0.4) is 0 Å². The number of Topliss-reactive ketones (excluding diaryl/α,β-unsaturated/α-hetero) is 1. The van der Waals surface area contributed by atoms with E-state index in [1.54, 1.807) is 12.1 Å². The standard InChI is InChI=1S/C18H18FNO6S/c1-12(21)13-6-7-17(25-2)14(8-13)11-26-18(22)10-20-27(23,24)16-5-3-4-15(19)9-16/h3-9,20H,10-11H2,1-2H3. The second kappa shape index (κ2) is 8.74. The average Bonchev–Trinajstić information content (AvgIpc) is 2.64. The monoisotopic (exact) mass is 395 g/mol. The molecule has 0 unspecified atom stereocenters. The van der Waals surface area contributed by atoms with Crippen LogP contribution in [0.25, 0.3) is 0 Å². The van der Waals surface area contributed by atoms with Gasteiger partial charge in [-0.15, -0.1) is 0 Å². The molecule has 7 nitrogen and oxygen atoms in total. The van der Waals surface area contributed by atoms with Crippen LogP contribution >= 0.6 is 0 Å². The molecule has 2 rings (SSSR count). The third-order valence-electron chi connectivity index (χ3n) is 3.59. The zero-order chi connectivity index (χ0) is 20.0. The Balaban J connectivity index is 1.99. The molecule has 0 saturated carbocycles. The van der Waals surface area contributed by atoms with Crippen molar-refractivity contribution < 1.29 is 31.9 Å². The van der Waals surface area contributed by atoms with E-state index < -0.39 is 28.4 Å². The van der Waals surface area contributed by atoms with Crippen molar-refractivity contribution in [2.24, 2.45) is 0 Å². The van der Waals surface area contributed by atoms with E-state index in [1.807, 2.05) is 4.72 Å². The van der Waals surface area contributed by atoms with Gasteiger partial charge in [0.1, 0.15) is 24.7 Å². The minimum Gasteiger partial charge on any atom is -0.496 e. The zero-order valence-corrected chi connectivity index (χ0v) is 15.5. The van der Waals surface area contributed by atoms with E-state index >= 15 is 0 Å². The Labute approximate surface area is 156 Å². The van der Waals surface area contributed by atoms with Crippen molar-refractivity contribution in [1.29, 1.82) is 0 Å². The SMILES string of the molecule is COc1ccc(C(C)=O)cc1COC(=O)CNS(=O)(=O)c1cccc(F)c1. The molecule has 0 spiro atoms. The molecule has 0 radical (unpaired) electrons. The summed E-state index contributed by atoms with van der Waals surface area (Å²) in [6, 6.07) is 9.09. The molecule has 27 heavy (non-hydrogen) atoms. The molecule has 2 aromatic rings. The number of carbonyl (C=O) groups excluding carboxylic acids is 2. The number of nitrogens with one attached hydrogen (secondary N) is 1. The summed E-state index contributed by atoms with van der Waals surface area (Å²) in [7, 11) is -2.62. The van der Waals surface area contributed by atoms with Gasteiger partial charge in [-0.05, 0) is 43.3 Å². The summed E-state index contributed by atoms with van der Waals surface area (Å²) in [5, 5.41) is 0. The topological polar surface area (TPSA) is 98.8 Å². The van der Waals surface area contributed by atoms with Crippen molar-refractivity contribution in [3.05, 3.63) is 59.4 Å². The maximum Gasteiger partial charge on any atom is 0.321 e. The maximum atomic E-state index is 13.1. The van der Waals surface area contributed by atoms with Gasteiger partial charge in [0.2, 0.25) is 10.0 Å². The summed E-state index contributed by atoms with van der Waals surface area (Å²) >= 11 is 0. The van der Waals surface area contributed by atoms with Crippen LogP contribution in [0.5, 0.6) is 5.75 Å². The molecule has 0 aromatic heterocycles. The first-order valence-corrected chi connectivity index (χ1v) is 9.30. The van der Waals surface area contributed by atoms with Gasteiger partial charge >= 0.3 is 5.97 Å². The number of rotatable bonds is 8. The fourth-order valence-electron chi connectivity index (χ4n) is 2.19. The van der Waals surface area contributed by atoms with Crippen LogP contribution in [0.1, 0.15) is 22.8 Å². The van der Waals surface area contributed by atoms with E-state index in [2.05, 4.69) is 0 Å². The van der Waals surface area contributed by atoms with Crippen molar-refractivity contribution in [1.82, 2.24) is 4.72 Å². The molecular formula is C18H18FNO6S. The summed E-state index contributed by atoms with van der Waals surface area (Å²) in [5.74, 6) is -1.29. The Morgan fingerprint density at radius 3 is 2.52 bits per heavy atom. The first-order valence-electron chi connectivity index (χ1n) is 7.81. The number of esters is 1. The molecule has 0 aliphatic heterocycles. The van der Waals surface area contributed by atoms with Gasteiger partial charge in [0, 0.05) is 11.1 Å². The molecular weight excluding hydrogens is 377 g/mol. The lowest BCUT2D eigenvalue weighted by atomic mass is 10.1. The molecule has 0 saturated heterocycles. The molecule has 0 aliphatic carbocycles. The number of benzene rings is 2. The molecule has 0 bridgehead atoms. The highest BCUT2D eigenvalue weighted by Crippen LogP contribution is 2.21. The van der Waals surface area contributed by atoms with Gasteiger partial charge < -0.3 is 9.47 Å². The number of hydrogen-bond acceptors (Lipinski definition) is 6. The lowest BCUT2D eigenvalue weighted by Gasteiger charge is -2.11. The van der Waals surface area contributed by atoms with Crippen molar-refractivity contribution in [3.8, 4) is 5.75 Å². The number of ether oxygens (including phenoxy) is 2. The van der Waals surface area contributed by atoms with Gasteiger partial charge in [-0.25, -0.2) is 12.8 Å². The second-order valence-electron chi connectivity index (χ2n) is 5.53. The van der Waals surface area contributed by atoms with E-state index in [0.29, 0.717) is 16.9 Å². The van der Waals surface area contributed by atoms with Crippen molar-refractivity contribution in [2.75, 3.05) is 13.7 Å². The molecule has 0 amide bonds. The van der Waals surface area contributed by atoms with E-state index in [9.17, 15) is 22.4 Å². The highest BCUT2D eigenvalue weighted by molar-refractivity contribution is 7.89. The third kappa shape index (κ3) is 5.60. The molecule has 0 heterocycles. The van der Waals surface area contributed by atoms with Gasteiger partial charge in [-0.1, -0.05) is 6.07 Å². The lowest BCUT2D eigenvalue weighted by Crippen LogP contribution is -2.30. The predicted octanol–water partition coefficient (Wildman–Crippen LogP) is 2.06. The second-order valence-corrected chi connectivity index (χ2v) is 7.29. The predicted molar refractivity (Wildman–Crippen MR) is 94.4 cm³/mol. The van der Waals surface area contributed by atoms with E-state index in [-0.39, 0.29) is 17.3 Å². The lowest BCUT2D eigenvalue weighted by molar-refractivity contribution is -0.143. The first kappa shape index (κ1) is 20.5. The number of halogens is 1. The smallest absolute Gasteiger partial charge is 0.321 e. The summed E-state index contributed by atoms with van der Waals surface area (Å²) in [6.45, 7) is 0.567. The van der Waals surface area contributed by atoms with Gasteiger partial charge in [0.05, 0.1) is 12.0 Å². The van der Waals surface area contributed by atoms with Crippen molar-refractivity contribution in [3.63, 3.8) is 0 Å². The number of sulfonamides is 1. The molecule has 9 heteroatoms. The Hall–Kier alpha value is -2.78. The quantitative estimate of drug-likeness (QED) is 0.543. The van der Waals surface area contributed by atoms with Crippen LogP contribution in [-0.4, -0.2) is 33.8 Å². The summed E-state index contributed by atoms with van der Waals surface area (Å²) in [4.78, 5) is 23.0. The van der Waals surface area contributed by atoms with Crippen molar-refractivity contribution in [2.45, 2.75) is 18.4 Å².